The Balaban J connectivity index is 1.69. The van der Waals surface area contributed by atoms with Crippen molar-refractivity contribution in [3.8, 4) is 5.13 Å². The highest BCUT2D eigenvalue weighted by Crippen LogP contribution is 2.38. The van der Waals surface area contributed by atoms with E-state index in [1.165, 1.54) is 24.2 Å². The van der Waals surface area contributed by atoms with Gasteiger partial charge in [0.25, 0.3) is 0 Å². The fraction of sp³-hybridized carbons (Fsp3) is 0.389. The van der Waals surface area contributed by atoms with Crippen molar-refractivity contribution < 1.29 is 9.90 Å². The SMILES string of the molecule is Cn1c(=O)n(-c2ncc(CCC(=O)O)s2)c2cc(SNC3(C)CC3)ccc21. The zero-order valence-corrected chi connectivity index (χ0v) is 16.7. The van der Waals surface area contributed by atoms with Gasteiger partial charge < -0.3 is 5.11 Å². The first kappa shape index (κ1) is 18.3. The highest BCUT2D eigenvalue weighted by atomic mass is 32.2. The molecule has 2 heterocycles. The van der Waals surface area contributed by atoms with Gasteiger partial charge in [-0.1, -0.05) is 0 Å². The van der Waals surface area contributed by atoms with Crippen LogP contribution in [0, 0.1) is 0 Å². The maximum atomic E-state index is 12.8. The number of carboxylic acids is 1. The fourth-order valence-electron chi connectivity index (χ4n) is 2.79. The molecule has 0 radical (unpaired) electrons. The average molecular weight is 405 g/mol. The maximum absolute atomic E-state index is 12.8. The smallest absolute Gasteiger partial charge is 0.335 e. The van der Waals surface area contributed by atoms with Gasteiger partial charge in [-0.3, -0.25) is 14.1 Å². The minimum absolute atomic E-state index is 0.0529. The molecule has 4 rings (SSSR count). The monoisotopic (exact) mass is 404 g/mol. The molecule has 0 saturated heterocycles. The zero-order valence-electron chi connectivity index (χ0n) is 15.1. The summed E-state index contributed by atoms with van der Waals surface area (Å²) in [6.07, 6.45) is 4.47. The van der Waals surface area contributed by atoms with E-state index in [0.717, 1.165) is 20.8 Å². The second kappa shape index (κ2) is 6.81. The summed E-state index contributed by atoms with van der Waals surface area (Å²) in [6.45, 7) is 2.20. The van der Waals surface area contributed by atoms with E-state index in [-0.39, 0.29) is 17.6 Å². The Labute approximate surface area is 164 Å². The molecule has 2 aromatic heterocycles. The van der Waals surface area contributed by atoms with Crippen LogP contribution < -0.4 is 10.4 Å². The van der Waals surface area contributed by atoms with Crippen LogP contribution in [-0.2, 0) is 18.3 Å². The molecule has 1 aliphatic rings. The summed E-state index contributed by atoms with van der Waals surface area (Å²) in [5.74, 6) is -0.842. The Morgan fingerprint density at radius 2 is 2.19 bits per heavy atom. The van der Waals surface area contributed by atoms with E-state index in [1.54, 1.807) is 34.3 Å². The van der Waals surface area contributed by atoms with Crippen LogP contribution in [0.15, 0.2) is 34.1 Å². The molecule has 9 heteroatoms. The molecule has 142 valence electrons. The quantitative estimate of drug-likeness (QED) is 0.589. The van der Waals surface area contributed by atoms with E-state index >= 15 is 0 Å². The molecule has 3 aromatic rings. The second-order valence-corrected chi connectivity index (χ2v) is 9.07. The number of carboxylic acid groups (broad SMARTS) is 1. The van der Waals surface area contributed by atoms with Gasteiger partial charge in [0.15, 0.2) is 5.13 Å². The lowest BCUT2D eigenvalue weighted by atomic mass is 10.3. The third-order valence-corrected chi connectivity index (χ3v) is 6.89. The van der Waals surface area contributed by atoms with Gasteiger partial charge in [-0.15, -0.1) is 11.3 Å². The maximum Gasteiger partial charge on any atom is 0.335 e. The van der Waals surface area contributed by atoms with Crippen molar-refractivity contribution in [1.82, 2.24) is 18.8 Å². The Morgan fingerprint density at radius 3 is 2.89 bits per heavy atom. The average Bonchev–Trinajstić information content (AvgIpc) is 3.10. The zero-order chi connectivity index (χ0) is 19.2. The summed E-state index contributed by atoms with van der Waals surface area (Å²) in [7, 11) is 1.75. The number of rotatable bonds is 7. The number of imidazole rings is 1. The van der Waals surface area contributed by atoms with Gasteiger partial charge in [0, 0.05) is 28.6 Å². The molecule has 0 unspecified atom stereocenters. The summed E-state index contributed by atoms with van der Waals surface area (Å²) in [5, 5.41) is 9.41. The predicted octanol–water partition coefficient (Wildman–Crippen LogP) is 2.95. The van der Waals surface area contributed by atoms with Crippen molar-refractivity contribution >= 4 is 40.3 Å². The molecule has 0 aliphatic heterocycles. The minimum Gasteiger partial charge on any atom is -0.481 e. The number of carbonyl (C=O) groups is 1. The van der Waals surface area contributed by atoms with E-state index in [1.807, 2.05) is 18.2 Å². The van der Waals surface area contributed by atoms with Gasteiger partial charge in [0.05, 0.1) is 17.5 Å². The third kappa shape index (κ3) is 3.67. The number of benzene rings is 1. The number of fused-ring (bicyclic) bond motifs is 1. The first-order valence-electron chi connectivity index (χ1n) is 8.69. The fourth-order valence-corrected chi connectivity index (χ4v) is 4.58. The summed E-state index contributed by atoms with van der Waals surface area (Å²) >= 11 is 2.94. The van der Waals surface area contributed by atoms with E-state index in [9.17, 15) is 9.59 Å². The van der Waals surface area contributed by atoms with Crippen LogP contribution >= 0.6 is 23.3 Å². The van der Waals surface area contributed by atoms with Gasteiger partial charge in [-0.05, 0) is 56.3 Å². The Morgan fingerprint density at radius 1 is 1.41 bits per heavy atom. The lowest BCUT2D eigenvalue weighted by Gasteiger charge is -2.10. The molecule has 0 spiro atoms. The third-order valence-electron chi connectivity index (χ3n) is 4.76. The number of aryl methyl sites for hydroxylation is 2. The molecule has 0 bridgehead atoms. The predicted molar refractivity (Wildman–Crippen MR) is 107 cm³/mol. The molecule has 2 N–H and O–H groups in total. The number of aliphatic carboxylic acids is 1. The van der Waals surface area contributed by atoms with Crippen LogP contribution in [0.3, 0.4) is 0 Å². The number of nitrogens with one attached hydrogen (secondary N) is 1. The van der Waals surface area contributed by atoms with Crippen molar-refractivity contribution in [2.75, 3.05) is 0 Å². The Kier molecular flexibility index (Phi) is 4.61. The van der Waals surface area contributed by atoms with Crippen molar-refractivity contribution in [3.05, 3.63) is 39.8 Å². The molecule has 1 aliphatic carbocycles. The molecular formula is C18H20N4O3S2. The van der Waals surface area contributed by atoms with Gasteiger partial charge in [-0.25, -0.2) is 14.3 Å². The largest absolute Gasteiger partial charge is 0.481 e. The molecular weight excluding hydrogens is 384 g/mol. The molecule has 27 heavy (non-hydrogen) atoms. The van der Waals surface area contributed by atoms with Gasteiger partial charge in [-0.2, -0.15) is 0 Å². The number of thiazole rings is 1. The Hall–Kier alpha value is -2.10. The van der Waals surface area contributed by atoms with Crippen LogP contribution in [0.4, 0.5) is 0 Å². The molecule has 0 atom stereocenters. The van der Waals surface area contributed by atoms with Gasteiger partial charge >= 0.3 is 11.7 Å². The molecule has 1 aromatic carbocycles. The summed E-state index contributed by atoms with van der Waals surface area (Å²) in [5.41, 5.74) is 1.69. The first-order valence-corrected chi connectivity index (χ1v) is 10.3. The van der Waals surface area contributed by atoms with Crippen LogP contribution in [0.25, 0.3) is 16.2 Å². The number of aromatic nitrogens is 3. The highest BCUT2D eigenvalue weighted by molar-refractivity contribution is 7.97. The number of hydrogen-bond acceptors (Lipinski definition) is 6. The number of hydrogen-bond donors (Lipinski definition) is 2. The van der Waals surface area contributed by atoms with Crippen molar-refractivity contribution in [3.63, 3.8) is 0 Å². The lowest BCUT2D eigenvalue weighted by molar-refractivity contribution is -0.136. The molecule has 1 fully saturated rings. The van der Waals surface area contributed by atoms with E-state index < -0.39 is 5.97 Å². The first-order chi connectivity index (χ1) is 12.9. The normalized spacial score (nSPS) is 15.3. The second-order valence-electron chi connectivity index (χ2n) is 7.10. The van der Waals surface area contributed by atoms with Crippen LogP contribution in [-0.4, -0.2) is 30.7 Å². The van der Waals surface area contributed by atoms with Crippen LogP contribution in [0.5, 0.6) is 0 Å². The van der Waals surface area contributed by atoms with E-state index in [2.05, 4.69) is 16.6 Å². The number of nitrogens with zero attached hydrogens (tertiary/aromatic N) is 3. The topological polar surface area (TPSA) is 89.2 Å². The standard InChI is InChI=1S/C18H20N4O3S2/c1-18(7-8-18)20-27-11-3-5-13-14(9-11)22(17(25)21(13)2)16-19-10-12(26-16)4-6-15(23)24/h3,5,9-10,20H,4,6-8H2,1-2H3,(H,23,24). The highest BCUT2D eigenvalue weighted by Gasteiger charge is 2.37. The van der Waals surface area contributed by atoms with Crippen LogP contribution in [0.2, 0.25) is 0 Å². The van der Waals surface area contributed by atoms with Crippen LogP contribution in [0.1, 0.15) is 31.1 Å². The Bertz CT molecular complexity index is 1080. The summed E-state index contributed by atoms with van der Waals surface area (Å²) in [4.78, 5) is 29.8. The summed E-state index contributed by atoms with van der Waals surface area (Å²) < 4.78 is 6.69. The molecule has 7 nitrogen and oxygen atoms in total. The summed E-state index contributed by atoms with van der Waals surface area (Å²) in [6, 6.07) is 5.96. The van der Waals surface area contributed by atoms with Crippen molar-refractivity contribution in [2.45, 2.75) is 43.0 Å². The van der Waals surface area contributed by atoms with E-state index in [0.29, 0.717) is 11.6 Å². The van der Waals surface area contributed by atoms with Gasteiger partial charge in [0.1, 0.15) is 0 Å². The van der Waals surface area contributed by atoms with Crippen molar-refractivity contribution in [1.29, 1.82) is 0 Å². The lowest BCUT2D eigenvalue weighted by Crippen LogP contribution is -2.20. The molecule has 1 saturated carbocycles. The van der Waals surface area contributed by atoms with Gasteiger partial charge in [0.2, 0.25) is 0 Å². The van der Waals surface area contributed by atoms with Crippen molar-refractivity contribution in [2.24, 2.45) is 7.05 Å². The van der Waals surface area contributed by atoms with E-state index in [4.69, 9.17) is 5.11 Å². The molecule has 0 amide bonds. The minimum atomic E-state index is -0.842.